The molecule has 6 nitrogen and oxygen atoms in total. The first-order valence-electron chi connectivity index (χ1n) is 10.4. The average Bonchev–Trinajstić information content (AvgIpc) is 3.02. The number of nitrogens with zero attached hydrogens (tertiary/aromatic N) is 3. The summed E-state index contributed by atoms with van der Waals surface area (Å²) in [7, 11) is 1.70. The van der Waals surface area contributed by atoms with Crippen molar-refractivity contribution in [1.82, 2.24) is 14.7 Å². The van der Waals surface area contributed by atoms with Gasteiger partial charge in [-0.3, -0.25) is 9.48 Å². The predicted octanol–water partition coefficient (Wildman–Crippen LogP) is 4.06. The molecule has 0 aliphatic heterocycles. The van der Waals surface area contributed by atoms with E-state index in [1.54, 1.807) is 30.5 Å². The number of aryl methyl sites for hydroxylation is 2. The highest BCUT2D eigenvalue weighted by atomic mass is 16.5. The van der Waals surface area contributed by atoms with Crippen molar-refractivity contribution in [3.63, 3.8) is 0 Å². The molecule has 0 bridgehead atoms. The smallest absolute Gasteiger partial charge is 0.342 e. The average molecular weight is 420 g/mol. The van der Waals surface area contributed by atoms with Gasteiger partial charge in [-0.05, 0) is 38.8 Å². The van der Waals surface area contributed by atoms with Gasteiger partial charge in [0.1, 0.15) is 5.56 Å². The van der Waals surface area contributed by atoms with Crippen molar-refractivity contribution in [3.05, 3.63) is 88.2 Å². The summed E-state index contributed by atoms with van der Waals surface area (Å²) in [5.74, 6) is -0.779. The Bertz CT molecular complexity index is 1060. The Balaban J connectivity index is 1.67. The van der Waals surface area contributed by atoms with Crippen LogP contribution < -0.4 is 0 Å². The van der Waals surface area contributed by atoms with Crippen molar-refractivity contribution in [2.45, 2.75) is 46.9 Å². The molecular weight excluding hydrogens is 390 g/mol. The second-order valence-electron chi connectivity index (χ2n) is 7.92. The summed E-state index contributed by atoms with van der Waals surface area (Å²) in [4.78, 5) is 27.1. The maximum Gasteiger partial charge on any atom is 0.342 e. The molecule has 0 spiro atoms. The van der Waals surface area contributed by atoms with E-state index in [-0.39, 0.29) is 5.91 Å². The molecule has 6 heteroatoms. The molecule has 1 aromatic heterocycles. The molecule has 0 aliphatic rings. The van der Waals surface area contributed by atoms with Gasteiger partial charge in [-0.1, -0.05) is 60.2 Å². The number of rotatable bonds is 7. The minimum absolute atomic E-state index is 0.250. The summed E-state index contributed by atoms with van der Waals surface area (Å²) < 4.78 is 7.31. The van der Waals surface area contributed by atoms with Crippen LogP contribution in [0.1, 0.15) is 45.4 Å². The number of amides is 1. The van der Waals surface area contributed by atoms with E-state index in [2.05, 4.69) is 17.2 Å². The van der Waals surface area contributed by atoms with Gasteiger partial charge in [-0.25, -0.2) is 4.79 Å². The maximum absolute atomic E-state index is 12.8. The number of esters is 1. The molecule has 2 aromatic carbocycles. The van der Waals surface area contributed by atoms with Gasteiger partial charge in [0, 0.05) is 13.6 Å². The molecule has 0 saturated carbocycles. The van der Waals surface area contributed by atoms with E-state index in [0.717, 1.165) is 16.8 Å². The van der Waals surface area contributed by atoms with E-state index < -0.39 is 12.1 Å². The zero-order valence-corrected chi connectivity index (χ0v) is 18.8. The monoisotopic (exact) mass is 419 g/mol. The Labute approximate surface area is 183 Å². The number of carbonyl (C=O) groups excluding carboxylic acids is 2. The normalized spacial score (nSPS) is 11.8. The van der Waals surface area contributed by atoms with Gasteiger partial charge >= 0.3 is 5.97 Å². The number of aromatic nitrogens is 2. The van der Waals surface area contributed by atoms with Crippen molar-refractivity contribution in [2.75, 3.05) is 7.05 Å². The Morgan fingerprint density at radius 2 is 1.65 bits per heavy atom. The molecule has 0 unspecified atom stereocenters. The standard InChI is InChI=1S/C25H29N3O3/c1-17-11-13-22(14-12-17)16-28-19(3)23(18(2)26-28)25(30)31-20(4)24(29)27(5)15-21-9-7-6-8-10-21/h6-14,20H,15-16H2,1-5H3/t20-/m0/s1. The minimum Gasteiger partial charge on any atom is -0.449 e. The molecule has 1 amide bonds. The Hall–Kier alpha value is -3.41. The Kier molecular flexibility index (Phi) is 6.90. The summed E-state index contributed by atoms with van der Waals surface area (Å²) >= 11 is 0. The highest BCUT2D eigenvalue weighted by Crippen LogP contribution is 2.18. The first-order chi connectivity index (χ1) is 14.8. The van der Waals surface area contributed by atoms with Crippen molar-refractivity contribution >= 4 is 11.9 Å². The molecule has 162 valence electrons. The van der Waals surface area contributed by atoms with Crippen LogP contribution in [0.25, 0.3) is 0 Å². The van der Waals surface area contributed by atoms with Gasteiger partial charge in [-0.15, -0.1) is 0 Å². The number of ether oxygens (including phenoxy) is 1. The molecule has 1 atom stereocenters. The van der Waals surface area contributed by atoms with Gasteiger partial charge in [-0.2, -0.15) is 5.10 Å². The third-order valence-electron chi connectivity index (χ3n) is 5.31. The van der Waals surface area contributed by atoms with E-state index in [0.29, 0.717) is 24.3 Å². The lowest BCUT2D eigenvalue weighted by atomic mass is 10.1. The zero-order valence-electron chi connectivity index (χ0n) is 18.8. The van der Waals surface area contributed by atoms with Crippen LogP contribution in [0, 0.1) is 20.8 Å². The summed E-state index contributed by atoms with van der Waals surface area (Å²) in [6.07, 6.45) is -0.888. The molecule has 0 aliphatic carbocycles. The highest BCUT2D eigenvalue weighted by Gasteiger charge is 2.26. The number of hydrogen-bond donors (Lipinski definition) is 0. The van der Waals surface area contributed by atoms with E-state index in [1.807, 2.05) is 56.3 Å². The predicted molar refractivity (Wildman–Crippen MR) is 120 cm³/mol. The molecule has 0 fully saturated rings. The molecule has 0 radical (unpaired) electrons. The molecule has 31 heavy (non-hydrogen) atoms. The number of likely N-dealkylation sites (N-methyl/N-ethyl adjacent to an activating group) is 1. The molecule has 0 saturated heterocycles. The van der Waals surface area contributed by atoms with Gasteiger partial charge < -0.3 is 9.64 Å². The van der Waals surface area contributed by atoms with Crippen LogP contribution in [0.4, 0.5) is 0 Å². The SMILES string of the molecule is Cc1ccc(Cn2nc(C)c(C(=O)O[C@@H](C)C(=O)N(C)Cc3ccccc3)c2C)cc1. The van der Waals surface area contributed by atoms with Crippen LogP contribution in [-0.4, -0.2) is 39.7 Å². The van der Waals surface area contributed by atoms with Crippen LogP contribution in [-0.2, 0) is 22.6 Å². The Morgan fingerprint density at radius 1 is 1.00 bits per heavy atom. The van der Waals surface area contributed by atoms with Crippen LogP contribution in [0.2, 0.25) is 0 Å². The van der Waals surface area contributed by atoms with Crippen molar-refractivity contribution in [2.24, 2.45) is 0 Å². The van der Waals surface area contributed by atoms with Crippen LogP contribution >= 0.6 is 0 Å². The fourth-order valence-electron chi connectivity index (χ4n) is 3.53. The highest BCUT2D eigenvalue weighted by molar-refractivity contribution is 5.94. The topological polar surface area (TPSA) is 64.4 Å². The lowest BCUT2D eigenvalue weighted by Gasteiger charge is -2.21. The van der Waals surface area contributed by atoms with Crippen LogP contribution in [0.15, 0.2) is 54.6 Å². The maximum atomic E-state index is 12.8. The first kappa shape index (κ1) is 22.3. The van der Waals surface area contributed by atoms with E-state index in [4.69, 9.17) is 4.74 Å². The summed E-state index contributed by atoms with van der Waals surface area (Å²) in [5, 5.41) is 4.51. The largest absolute Gasteiger partial charge is 0.449 e. The number of hydrogen-bond acceptors (Lipinski definition) is 4. The summed E-state index contributed by atoms with van der Waals surface area (Å²) in [6, 6.07) is 17.9. The lowest BCUT2D eigenvalue weighted by molar-refractivity contribution is -0.139. The van der Waals surface area contributed by atoms with Gasteiger partial charge in [0.2, 0.25) is 0 Å². The summed E-state index contributed by atoms with van der Waals surface area (Å²) in [5.41, 5.74) is 5.03. The third-order valence-corrected chi connectivity index (χ3v) is 5.31. The fourth-order valence-corrected chi connectivity index (χ4v) is 3.53. The third kappa shape index (κ3) is 5.40. The quantitative estimate of drug-likeness (QED) is 0.542. The van der Waals surface area contributed by atoms with Crippen LogP contribution in [0.3, 0.4) is 0 Å². The van der Waals surface area contributed by atoms with E-state index in [1.165, 1.54) is 5.56 Å². The van der Waals surface area contributed by atoms with Gasteiger partial charge in [0.15, 0.2) is 6.10 Å². The Morgan fingerprint density at radius 3 is 2.29 bits per heavy atom. The van der Waals surface area contributed by atoms with Crippen molar-refractivity contribution in [3.8, 4) is 0 Å². The van der Waals surface area contributed by atoms with Crippen molar-refractivity contribution in [1.29, 1.82) is 0 Å². The van der Waals surface area contributed by atoms with Crippen molar-refractivity contribution < 1.29 is 14.3 Å². The summed E-state index contributed by atoms with van der Waals surface area (Å²) in [6.45, 7) is 8.29. The molecule has 0 N–H and O–H groups in total. The first-order valence-corrected chi connectivity index (χ1v) is 10.4. The van der Waals surface area contributed by atoms with Gasteiger partial charge in [0.05, 0.1) is 17.9 Å². The van der Waals surface area contributed by atoms with E-state index >= 15 is 0 Å². The van der Waals surface area contributed by atoms with E-state index in [9.17, 15) is 9.59 Å². The number of carbonyl (C=O) groups is 2. The van der Waals surface area contributed by atoms with Crippen LogP contribution in [0.5, 0.6) is 0 Å². The molecule has 1 heterocycles. The molecular formula is C25H29N3O3. The number of benzene rings is 2. The second-order valence-corrected chi connectivity index (χ2v) is 7.92. The van der Waals surface area contributed by atoms with Gasteiger partial charge in [0.25, 0.3) is 5.91 Å². The lowest BCUT2D eigenvalue weighted by Crippen LogP contribution is -2.37. The zero-order chi connectivity index (χ0) is 22.5. The molecule has 3 aromatic rings. The fraction of sp³-hybridized carbons (Fsp3) is 0.320. The second kappa shape index (κ2) is 9.60. The minimum atomic E-state index is -0.888. The molecule has 3 rings (SSSR count).